The van der Waals surface area contributed by atoms with Gasteiger partial charge in [-0.25, -0.2) is 4.79 Å². The lowest BCUT2D eigenvalue weighted by molar-refractivity contribution is -0.137. The van der Waals surface area contributed by atoms with E-state index in [2.05, 4.69) is 4.74 Å². The highest BCUT2D eigenvalue weighted by molar-refractivity contribution is 5.64. The molecule has 0 spiro atoms. The molecule has 100 valence electrons. The first-order chi connectivity index (χ1) is 8.29. The summed E-state index contributed by atoms with van der Waals surface area (Å²) in [5.41, 5.74) is 10.0. The molecule has 4 N–H and O–H groups in total. The van der Waals surface area contributed by atoms with Crippen LogP contribution >= 0.6 is 0 Å². The number of hydrogen-bond donors (Lipinski definition) is 2. The number of primary amides is 1. The fourth-order valence-corrected chi connectivity index (χ4v) is 1.43. The zero-order valence-corrected chi connectivity index (χ0v) is 9.41. The van der Waals surface area contributed by atoms with Crippen LogP contribution < -0.4 is 11.5 Å². The van der Waals surface area contributed by atoms with Crippen LogP contribution in [0.1, 0.15) is 11.1 Å². The summed E-state index contributed by atoms with van der Waals surface area (Å²) < 4.78 is 41.8. The molecule has 0 heterocycles. The van der Waals surface area contributed by atoms with Crippen molar-refractivity contribution in [3.8, 4) is 0 Å². The van der Waals surface area contributed by atoms with Gasteiger partial charge < -0.3 is 16.2 Å². The number of carbonyl (C=O) groups excluding carboxylic acids is 1. The van der Waals surface area contributed by atoms with Crippen molar-refractivity contribution in [3.05, 3.63) is 35.4 Å². The highest BCUT2D eigenvalue weighted by Crippen LogP contribution is 2.29. The Balaban J connectivity index is 2.65. The third-order valence-corrected chi connectivity index (χ3v) is 2.19. The predicted octanol–water partition coefficient (Wildman–Crippen LogP) is 1.67. The van der Waals surface area contributed by atoms with Gasteiger partial charge in [0.1, 0.15) is 6.61 Å². The van der Waals surface area contributed by atoms with Crippen LogP contribution in [0.3, 0.4) is 0 Å². The fraction of sp³-hybridized carbons (Fsp3) is 0.364. The second-order valence-corrected chi connectivity index (χ2v) is 3.79. The molecule has 0 fully saturated rings. The second-order valence-electron chi connectivity index (χ2n) is 3.79. The van der Waals surface area contributed by atoms with Gasteiger partial charge in [0.15, 0.2) is 0 Å². The minimum Gasteiger partial charge on any atom is -0.448 e. The Morgan fingerprint density at radius 1 is 1.39 bits per heavy atom. The van der Waals surface area contributed by atoms with Crippen LogP contribution in [-0.2, 0) is 17.3 Å². The Hall–Kier alpha value is -1.76. The highest BCUT2D eigenvalue weighted by atomic mass is 19.4. The van der Waals surface area contributed by atoms with Crippen molar-refractivity contribution in [3.63, 3.8) is 0 Å². The predicted molar refractivity (Wildman–Crippen MR) is 58.7 cm³/mol. The van der Waals surface area contributed by atoms with E-state index in [9.17, 15) is 18.0 Å². The topological polar surface area (TPSA) is 78.3 Å². The Morgan fingerprint density at radius 3 is 2.61 bits per heavy atom. The van der Waals surface area contributed by atoms with Gasteiger partial charge in [-0.05, 0) is 18.1 Å². The maximum Gasteiger partial charge on any atom is 0.416 e. The number of carbonyl (C=O) groups is 1. The van der Waals surface area contributed by atoms with Crippen LogP contribution in [0.15, 0.2) is 24.3 Å². The number of ether oxygens (including phenoxy) is 1. The number of rotatable bonds is 4. The molecule has 0 aromatic heterocycles. The molecular formula is C11H13F3N2O2. The molecule has 0 saturated carbocycles. The number of alkyl halides is 3. The highest BCUT2D eigenvalue weighted by Gasteiger charge is 2.30. The van der Waals surface area contributed by atoms with Gasteiger partial charge >= 0.3 is 12.3 Å². The van der Waals surface area contributed by atoms with E-state index in [0.29, 0.717) is 5.56 Å². The molecule has 0 aliphatic rings. The van der Waals surface area contributed by atoms with E-state index in [4.69, 9.17) is 11.5 Å². The quantitative estimate of drug-likeness (QED) is 0.866. The second kappa shape index (κ2) is 5.72. The summed E-state index contributed by atoms with van der Waals surface area (Å²) in [6.07, 6.45) is -5.18. The molecule has 1 aromatic rings. The normalized spacial score (nSPS) is 13.1. The fourth-order valence-electron chi connectivity index (χ4n) is 1.43. The molecule has 1 amide bonds. The standard InChI is InChI=1S/C11H13F3N2O2/c12-11(13,14)8-3-1-2-7(4-8)5-9(15)6-18-10(16)17/h1-4,9H,5-6,15H2,(H2,16,17)/t9-/m0/s1. The molecular weight excluding hydrogens is 249 g/mol. The number of benzene rings is 1. The maximum absolute atomic E-state index is 12.4. The Labute approximate surface area is 102 Å². The lowest BCUT2D eigenvalue weighted by Crippen LogP contribution is -2.31. The first kappa shape index (κ1) is 14.3. The summed E-state index contributed by atoms with van der Waals surface area (Å²) >= 11 is 0. The number of halogens is 3. The van der Waals surface area contributed by atoms with Gasteiger partial charge in [-0.15, -0.1) is 0 Å². The molecule has 0 bridgehead atoms. The maximum atomic E-state index is 12.4. The van der Waals surface area contributed by atoms with Crippen LogP contribution in [-0.4, -0.2) is 18.7 Å². The molecule has 0 radical (unpaired) electrons. The molecule has 1 aromatic carbocycles. The zero-order chi connectivity index (χ0) is 13.8. The molecule has 0 aliphatic carbocycles. The van der Waals surface area contributed by atoms with E-state index in [-0.39, 0.29) is 13.0 Å². The van der Waals surface area contributed by atoms with Crippen molar-refractivity contribution in [2.75, 3.05) is 6.61 Å². The largest absolute Gasteiger partial charge is 0.448 e. The van der Waals surface area contributed by atoms with E-state index in [1.165, 1.54) is 12.1 Å². The molecule has 0 aliphatic heterocycles. The van der Waals surface area contributed by atoms with E-state index < -0.39 is 23.9 Å². The van der Waals surface area contributed by atoms with E-state index in [1.54, 1.807) is 0 Å². The summed E-state index contributed by atoms with van der Waals surface area (Å²) in [5.74, 6) is 0. The molecule has 1 atom stereocenters. The summed E-state index contributed by atoms with van der Waals surface area (Å²) in [7, 11) is 0. The molecule has 7 heteroatoms. The lowest BCUT2D eigenvalue weighted by atomic mass is 10.0. The van der Waals surface area contributed by atoms with Gasteiger partial charge in [0.2, 0.25) is 0 Å². The Bertz CT molecular complexity index is 421. The first-order valence-electron chi connectivity index (χ1n) is 5.13. The molecule has 0 saturated heterocycles. The SMILES string of the molecule is NC(=O)OC[C@@H](N)Cc1cccc(C(F)(F)F)c1. The van der Waals surface area contributed by atoms with Gasteiger partial charge in [0.05, 0.1) is 5.56 Å². The average molecular weight is 262 g/mol. The first-order valence-corrected chi connectivity index (χ1v) is 5.13. The van der Waals surface area contributed by atoms with Crippen molar-refractivity contribution >= 4 is 6.09 Å². The average Bonchev–Trinajstić information content (AvgIpc) is 2.25. The van der Waals surface area contributed by atoms with Crippen molar-refractivity contribution in [2.45, 2.75) is 18.6 Å². The summed E-state index contributed by atoms with van der Waals surface area (Å²) in [5, 5.41) is 0. The van der Waals surface area contributed by atoms with Crippen LogP contribution in [0.4, 0.5) is 18.0 Å². The van der Waals surface area contributed by atoms with Crippen LogP contribution in [0.2, 0.25) is 0 Å². The van der Waals surface area contributed by atoms with E-state index >= 15 is 0 Å². The van der Waals surface area contributed by atoms with Crippen LogP contribution in [0, 0.1) is 0 Å². The minimum atomic E-state index is -4.39. The number of hydrogen-bond acceptors (Lipinski definition) is 3. The van der Waals surface area contributed by atoms with Gasteiger partial charge in [0.25, 0.3) is 0 Å². The van der Waals surface area contributed by atoms with Crippen molar-refractivity contribution in [1.82, 2.24) is 0 Å². The smallest absolute Gasteiger partial charge is 0.416 e. The lowest BCUT2D eigenvalue weighted by Gasteiger charge is -2.13. The van der Waals surface area contributed by atoms with E-state index in [0.717, 1.165) is 12.1 Å². The van der Waals surface area contributed by atoms with E-state index in [1.807, 2.05) is 0 Å². The van der Waals surface area contributed by atoms with Crippen LogP contribution in [0.25, 0.3) is 0 Å². The van der Waals surface area contributed by atoms with Crippen molar-refractivity contribution in [2.24, 2.45) is 11.5 Å². The van der Waals surface area contributed by atoms with Gasteiger partial charge in [-0.3, -0.25) is 0 Å². The number of nitrogens with two attached hydrogens (primary N) is 2. The Morgan fingerprint density at radius 2 is 2.06 bits per heavy atom. The van der Waals surface area contributed by atoms with Crippen LogP contribution in [0.5, 0.6) is 0 Å². The number of amides is 1. The van der Waals surface area contributed by atoms with Crippen molar-refractivity contribution in [1.29, 1.82) is 0 Å². The third-order valence-electron chi connectivity index (χ3n) is 2.19. The molecule has 18 heavy (non-hydrogen) atoms. The molecule has 0 unspecified atom stereocenters. The monoisotopic (exact) mass is 262 g/mol. The van der Waals surface area contributed by atoms with Gasteiger partial charge in [-0.2, -0.15) is 13.2 Å². The summed E-state index contributed by atoms with van der Waals surface area (Å²) in [6.45, 7) is -0.133. The Kier molecular flexibility index (Phi) is 4.55. The van der Waals surface area contributed by atoms with Crippen molar-refractivity contribution < 1.29 is 22.7 Å². The summed E-state index contributed by atoms with van der Waals surface area (Å²) in [4.78, 5) is 10.3. The van der Waals surface area contributed by atoms with Gasteiger partial charge in [0, 0.05) is 6.04 Å². The summed E-state index contributed by atoms with van der Waals surface area (Å²) in [6, 6.07) is 4.24. The molecule has 4 nitrogen and oxygen atoms in total. The van der Waals surface area contributed by atoms with Gasteiger partial charge in [-0.1, -0.05) is 18.2 Å². The third kappa shape index (κ3) is 4.62. The zero-order valence-electron chi connectivity index (χ0n) is 9.41. The minimum absolute atomic E-state index is 0.133. The molecule has 1 rings (SSSR count).